The first kappa shape index (κ1) is 9.66. The molecule has 0 spiro atoms. The van der Waals surface area contributed by atoms with E-state index in [9.17, 15) is 4.79 Å². The Labute approximate surface area is 43.5 Å². The highest BCUT2D eigenvalue weighted by Crippen LogP contribution is 1.60. The zero-order valence-corrected chi connectivity index (χ0v) is 4.89. The van der Waals surface area contributed by atoms with Crippen molar-refractivity contribution < 1.29 is 9.53 Å². The highest BCUT2D eigenvalue weighted by molar-refractivity contribution is 5.65. The van der Waals surface area contributed by atoms with E-state index in [2.05, 4.69) is 10.5 Å². The number of carbonyl (C=O) groups excluding carboxylic acids is 1. The molecule has 0 fully saturated rings. The van der Waals surface area contributed by atoms with Crippen LogP contribution in [-0.2, 0) is 9.53 Å². The molecule has 3 heteroatoms. The zero-order chi connectivity index (χ0) is 6.28. The molecule has 0 aliphatic rings. The van der Waals surface area contributed by atoms with Crippen molar-refractivity contribution in [1.29, 1.82) is 0 Å². The van der Waals surface area contributed by atoms with Crippen LogP contribution in [0.5, 0.6) is 0 Å². The summed E-state index contributed by atoms with van der Waals surface area (Å²) >= 11 is 0. The van der Waals surface area contributed by atoms with Crippen LogP contribution in [0.25, 0.3) is 0 Å². The van der Waals surface area contributed by atoms with Gasteiger partial charge in [-0.1, -0.05) is 0 Å². The number of methoxy groups -OCH3 is 1. The quantitative estimate of drug-likeness (QED) is 0.432. The van der Waals surface area contributed by atoms with E-state index < -0.39 is 0 Å². The van der Waals surface area contributed by atoms with Gasteiger partial charge in [0.25, 0.3) is 0 Å². The smallest absolute Gasteiger partial charge is 0.302 e. The second kappa shape index (κ2) is 9.06. The summed E-state index contributed by atoms with van der Waals surface area (Å²) in [6.45, 7) is 1.36. The lowest BCUT2D eigenvalue weighted by atomic mass is 10.8. The third-order valence-corrected chi connectivity index (χ3v) is 0.287. The van der Waals surface area contributed by atoms with Crippen LogP contribution in [0.1, 0.15) is 6.92 Å². The largest absolute Gasteiger partial charge is 0.469 e. The first-order chi connectivity index (χ1) is 3.27. The van der Waals surface area contributed by atoms with Gasteiger partial charge in [0, 0.05) is 6.92 Å². The van der Waals surface area contributed by atoms with Crippen molar-refractivity contribution in [3.05, 3.63) is 0 Å². The minimum atomic E-state index is -0.245. The van der Waals surface area contributed by atoms with Crippen molar-refractivity contribution in [2.75, 3.05) is 14.2 Å². The number of carbonyl (C=O) groups is 1. The maximum absolute atomic E-state index is 9.59. The van der Waals surface area contributed by atoms with Gasteiger partial charge >= 0.3 is 5.97 Å². The summed E-state index contributed by atoms with van der Waals surface area (Å²) in [6.07, 6.45) is 0. The van der Waals surface area contributed by atoms with Gasteiger partial charge in [-0.25, -0.2) is 0 Å². The Morgan fingerprint density at radius 1 is 1.57 bits per heavy atom. The predicted octanol–water partition coefficient (Wildman–Crippen LogP) is -0.246. The van der Waals surface area contributed by atoms with Gasteiger partial charge in [0.15, 0.2) is 0 Å². The van der Waals surface area contributed by atoms with Crippen molar-refractivity contribution in [2.24, 2.45) is 5.73 Å². The molecule has 0 saturated carbocycles. The number of esters is 1. The van der Waals surface area contributed by atoms with Crippen molar-refractivity contribution >= 4 is 5.97 Å². The average Bonchev–Trinajstić information content (AvgIpc) is 1.73. The molecule has 0 aromatic carbocycles. The molecule has 0 aliphatic carbocycles. The first-order valence-electron chi connectivity index (χ1n) is 1.89. The van der Waals surface area contributed by atoms with Crippen LogP contribution in [0.2, 0.25) is 0 Å². The lowest BCUT2D eigenvalue weighted by molar-refractivity contribution is -0.137. The molecule has 0 bridgehead atoms. The highest BCUT2D eigenvalue weighted by Gasteiger charge is 1.75. The SMILES string of the molecule is CN.COC(C)=O. The van der Waals surface area contributed by atoms with Crippen LogP contribution in [0.3, 0.4) is 0 Å². The Balaban J connectivity index is 0. The fourth-order valence-electron chi connectivity index (χ4n) is 0. The van der Waals surface area contributed by atoms with E-state index in [-0.39, 0.29) is 5.97 Å². The fraction of sp³-hybridized carbons (Fsp3) is 0.750. The molecule has 0 amide bonds. The van der Waals surface area contributed by atoms with E-state index in [4.69, 9.17) is 0 Å². The van der Waals surface area contributed by atoms with Crippen LogP contribution in [0, 0.1) is 0 Å². The second-order valence-electron chi connectivity index (χ2n) is 0.696. The minimum Gasteiger partial charge on any atom is -0.469 e. The van der Waals surface area contributed by atoms with E-state index in [1.807, 2.05) is 0 Å². The topological polar surface area (TPSA) is 52.3 Å². The van der Waals surface area contributed by atoms with Crippen LogP contribution < -0.4 is 5.73 Å². The standard InChI is InChI=1S/C3H6O2.CH5N/c1-3(4)5-2;1-2/h1-2H3;2H2,1H3. The molecule has 3 nitrogen and oxygen atoms in total. The molecule has 0 atom stereocenters. The average molecular weight is 105 g/mol. The molecular formula is C4H11NO2. The van der Waals surface area contributed by atoms with Crippen molar-refractivity contribution in [1.82, 2.24) is 0 Å². The molecule has 0 heterocycles. The first-order valence-corrected chi connectivity index (χ1v) is 1.89. The summed E-state index contributed by atoms with van der Waals surface area (Å²) in [7, 11) is 2.85. The van der Waals surface area contributed by atoms with Gasteiger partial charge < -0.3 is 10.5 Å². The number of rotatable bonds is 0. The van der Waals surface area contributed by atoms with Crippen LogP contribution >= 0.6 is 0 Å². The van der Waals surface area contributed by atoms with Gasteiger partial charge in [0.2, 0.25) is 0 Å². The Hall–Kier alpha value is -0.570. The Kier molecular flexibility index (Phi) is 12.5. The number of nitrogens with two attached hydrogens (primary N) is 1. The molecular weight excluding hydrogens is 94.0 g/mol. The number of hydrogen-bond acceptors (Lipinski definition) is 3. The van der Waals surface area contributed by atoms with Crippen LogP contribution in [-0.4, -0.2) is 20.1 Å². The van der Waals surface area contributed by atoms with E-state index in [0.29, 0.717) is 0 Å². The van der Waals surface area contributed by atoms with E-state index >= 15 is 0 Å². The normalized spacial score (nSPS) is 5.71. The molecule has 0 unspecified atom stereocenters. The minimum absolute atomic E-state index is 0.245. The van der Waals surface area contributed by atoms with Gasteiger partial charge in [-0.3, -0.25) is 4.79 Å². The van der Waals surface area contributed by atoms with Gasteiger partial charge in [-0.05, 0) is 7.05 Å². The number of hydrogen-bond donors (Lipinski definition) is 1. The second-order valence-corrected chi connectivity index (χ2v) is 0.696. The third-order valence-electron chi connectivity index (χ3n) is 0.287. The molecule has 7 heavy (non-hydrogen) atoms. The lowest BCUT2D eigenvalue weighted by Gasteiger charge is -1.80. The molecule has 0 saturated heterocycles. The fourth-order valence-corrected chi connectivity index (χ4v) is 0. The summed E-state index contributed by atoms with van der Waals surface area (Å²) in [6, 6.07) is 0. The van der Waals surface area contributed by atoms with E-state index in [1.165, 1.54) is 21.1 Å². The van der Waals surface area contributed by atoms with Gasteiger partial charge in [-0.15, -0.1) is 0 Å². The molecule has 2 N–H and O–H groups in total. The van der Waals surface area contributed by atoms with Gasteiger partial charge in [-0.2, -0.15) is 0 Å². The molecule has 0 aromatic heterocycles. The summed E-state index contributed by atoms with van der Waals surface area (Å²) in [4.78, 5) is 9.59. The summed E-state index contributed by atoms with van der Waals surface area (Å²) in [5, 5.41) is 0. The third kappa shape index (κ3) is 31.2. The molecule has 44 valence electrons. The van der Waals surface area contributed by atoms with E-state index in [0.717, 1.165) is 0 Å². The van der Waals surface area contributed by atoms with Gasteiger partial charge in [0.05, 0.1) is 7.11 Å². The van der Waals surface area contributed by atoms with Crippen molar-refractivity contribution in [2.45, 2.75) is 6.92 Å². The summed E-state index contributed by atoms with van der Waals surface area (Å²) < 4.78 is 4.11. The van der Waals surface area contributed by atoms with Crippen molar-refractivity contribution in [3.63, 3.8) is 0 Å². The molecule has 0 rings (SSSR count). The Morgan fingerprint density at radius 2 is 1.71 bits per heavy atom. The van der Waals surface area contributed by atoms with Gasteiger partial charge in [0.1, 0.15) is 0 Å². The molecule has 0 aromatic rings. The van der Waals surface area contributed by atoms with E-state index in [1.54, 1.807) is 0 Å². The maximum Gasteiger partial charge on any atom is 0.302 e. The monoisotopic (exact) mass is 105 g/mol. The summed E-state index contributed by atoms with van der Waals surface area (Å²) in [5.74, 6) is -0.245. The molecule has 0 aliphatic heterocycles. The predicted molar refractivity (Wildman–Crippen MR) is 27.8 cm³/mol. The maximum atomic E-state index is 9.59. The highest BCUT2D eigenvalue weighted by atomic mass is 16.5. The lowest BCUT2D eigenvalue weighted by Crippen LogP contribution is -1.88. The van der Waals surface area contributed by atoms with Crippen LogP contribution in [0.15, 0.2) is 0 Å². The Bertz CT molecular complexity index is 45.0. The van der Waals surface area contributed by atoms with Crippen molar-refractivity contribution in [3.8, 4) is 0 Å². The zero-order valence-electron chi connectivity index (χ0n) is 4.89. The summed E-state index contributed by atoms with van der Waals surface area (Å²) in [5.41, 5.74) is 4.50. The number of ether oxygens (including phenoxy) is 1. The Morgan fingerprint density at radius 3 is 1.71 bits per heavy atom. The van der Waals surface area contributed by atoms with Crippen LogP contribution in [0.4, 0.5) is 0 Å². The molecule has 0 radical (unpaired) electrons.